The Kier molecular flexibility index (Phi) is 6.27. The van der Waals surface area contributed by atoms with Crippen molar-refractivity contribution in [3.8, 4) is 11.3 Å². The van der Waals surface area contributed by atoms with Crippen molar-refractivity contribution in [1.82, 2.24) is 15.2 Å². The summed E-state index contributed by atoms with van der Waals surface area (Å²) >= 11 is 17.1. The summed E-state index contributed by atoms with van der Waals surface area (Å²) in [5.74, 6) is -0.870. The molecule has 0 saturated carbocycles. The highest BCUT2D eigenvalue weighted by Crippen LogP contribution is 2.28. The lowest BCUT2D eigenvalue weighted by atomic mass is 10.0. The van der Waals surface area contributed by atoms with Crippen molar-refractivity contribution in [2.45, 2.75) is 12.5 Å². The van der Waals surface area contributed by atoms with Crippen molar-refractivity contribution in [2.24, 2.45) is 0 Å². The van der Waals surface area contributed by atoms with Crippen LogP contribution in [0.15, 0.2) is 64.7 Å². The molecular formula is C22H15Cl2N3O4S. The number of amides is 1. The second-order valence-corrected chi connectivity index (χ2v) is 8.07. The molecule has 162 valence electrons. The van der Waals surface area contributed by atoms with Crippen LogP contribution in [-0.4, -0.2) is 38.0 Å². The maximum Gasteiger partial charge on any atom is 0.327 e. The van der Waals surface area contributed by atoms with Gasteiger partial charge in [-0.2, -0.15) is 0 Å². The number of carboxylic acid groups (broad SMARTS) is 1. The highest BCUT2D eigenvalue weighted by atomic mass is 35.5. The number of carbonyl (C=O) groups excluding carboxylic acids is 1. The van der Waals surface area contributed by atoms with Crippen LogP contribution < -0.4 is 5.32 Å². The van der Waals surface area contributed by atoms with Crippen LogP contribution in [0.2, 0.25) is 10.3 Å². The average Bonchev–Trinajstić information content (AvgIpc) is 3.31. The Morgan fingerprint density at radius 3 is 2.53 bits per heavy atom. The molecule has 1 atom stereocenters. The summed E-state index contributed by atoms with van der Waals surface area (Å²) in [5, 5.41) is 13.0. The molecule has 10 heteroatoms. The zero-order valence-electron chi connectivity index (χ0n) is 16.3. The number of hydrogen-bond donors (Lipinski definition) is 2. The molecular weight excluding hydrogens is 473 g/mol. The topological polar surface area (TPSA) is 95.7 Å². The molecule has 3 aromatic rings. The Bertz CT molecular complexity index is 1220. The number of nitrogens with zero attached hydrogens (tertiary/aromatic N) is 2. The third-order valence-corrected chi connectivity index (χ3v) is 5.42. The quantitative estimate of drug-likeness (QED) is 0.302. The van der Waals surface area contributed by atoms with Gasteiger partial charge in [-0.25, -0.2) is 9.78 Å². The minimum absolute atomic E-state index is 0.0176. The van der Waals surface area contributed by atoms with Crippen molar-refractivity contribution in [3.63, 3.8) is 0 Å². The monoisotopic (exact) mass is 487 g/mol. The van der Waals surface area contributed by atoms with E-state index >= 15 is 0 Å². The average molecular weight is 488 g/mol. The lowest BCUT2D eigenvalue weighted by molar-refractivity contribution is -0.145. The van der Waals surface area contributed by atoms with Gasteiger partial charge in [0.2, 0.25) is 0 Å². The molecule has 32 heavy (non-hydrogen) atoms. The molecule has 4 rings (SSSR count). The summed E-state index contributed by atoms with van der Waals surface area (Å²) in [4.78, 5) is 29.9. The molecule has 7 nitrogen and oxygen atoms in total. The fraction of sp³-hybridized carbons (Fsp3) is 0.0909. The molecule has 1 saturated heterocycles. The Morgan fingerprint density at radius 2 is 1.88 bits per heavy atom. The second-order valence-electron chi connectivity index (χ2n) is 6.91. The number of rotatable bonds is 6. The van der Waals surface area contributed by atoms with E-state index in [1.807, 2.05) is 6.07 Å². The van der Waals surface area contributed by atoms with E-state index in [-0.39, 0.29) is 27.5 Å². The summed E-state index contributed by atoms with van der Waals surface area (Å²) in [5.41, 5.74) is 1.51. The first-order valence-electron chi connectivity index (χ1n) is 9.38. The number of pyridine rings is 1. The van der Waals surface area contributed by atoms with Crippen molar-refractivity contribution in [1.29, 1.82) is 0 Å². The number of thiocarbonyl (C=S) groups is 1. The zero-order chi connectivity index (χ0) is 22.8. The summed E-state index contributed by atoms with van der Waals surface area (Å²) in [6, 6.07) is 14.4. The maximum absolute atomic E-state index is 13.0. The van der Waals surface area contributed by atoms with Crippen LogP contribution in [0.4, 0.5) is 0 Å². The van der Waals surface area contributed by atoms with E-state index in [0.29, 0.717) is 17.1 Å². The second kappa shape index (κ2) is 9.12. The summed E-state index contributed by atoms with van der Waals surface area (Å²) < 4.78 is 5.77. The Hall–Kier alpha value is -3.20. The van der Waals surface area contributed by atoms with Crippen LogP contribution in [0.3, 0.4) is 0 Å². The number of carbonyl (C=O) groups is 2. The van der Waals surface area contributed by atoms with Crippen LogP contribution in [0.25, 0.3) is 17.4 Å². The number of hydrogen-bond acceptors (Lipinski definition) is 5. The number of furan rings is 1. The first kappa shape index (κ1) is 22.0. The molecule has 1 aliphatic heterocycles. The number of carboxylic acids is 1. The van der Waals surface area contributed by atoms with Gasteiger partial charge in [0.15, 0.2) is 5.11 Å². The summed E-state index contributed by atoms with van der Waals surface area (Å²) in [6.45, 7) is 0. The van der Waals surface area contributed by atoms with Crippen molar-refractivity contribution in [3.05, 3.63) is 81.9 Å². The predicted octanol–water partition coefficient (Wildman–Crippen LogP) is 4.40. The van der Waals surface area contributed by atoms with Gasteiger partial charge in [0, 0.05) is 18.1 Å². The minimum Gasteiger partial charge on any atom is -0.480 e. The van der Waals surface area contributed by atoms with Gasteiger partial charge in [0.1, 0.15) is 33.6 Å². The molecule has 1 aromatic carbocycles. The molecule has 0 aliphatic carbocycles. The van der Waals surface area contributed by atoms with Crippen molar-refractivity contribution in [2.75, 3.05) is 0 Å². The fourth-order valence-corrected chi connectivity index (χ4v) is 4.07. The molecule has 0 bridgehead atoms. The fourth-order valence-electron chi connectivity index (χ4n) is 3.29. The molecule has 0 spiro atoms. The van der Waals surface area contributed by atoms with Gasteiger partial charge < -0.3 is 14.8 Å². The number of halogens is 2. The van der Waals surface area contributed by atoms with Crippen LogP contribution in [-0.2, 0) is 16.0 Å². The highest BCUT2D eigenvalue weighted by molar-refractivity contribution is 7.80. The molecule has 1 amide bonds. The number of benzene rings is 1. The Labute approximate surface area is 198 Å². The van der Waals surface area contributed by atoms with E-state index in [9.17, 15) is 14.7 Å². The van der Waals surface area contributed by atoms with Crippen molar-refractivity contribution < 1.29 is 19.1 Å². The number of aromatic nitrogens is 1. The largest absolute Gasteiger partial charge is 0.480 e. The molecule has 3 heterocycles. The minimum atomic E-state index is -1.15. The van der Waals surface area contributed by atoms with Crippen LogP contribution in [0, 0.1) is 0 Å². The maximum atomic E-state index is 13.0. The van der Waals surface area contributed by atoms with Gasteiger partial charge in [-0.3, -0.25) is 9.69 Å². The SMILES string of the molecule is O=C(O)C(Cc1ccccc1)N1C(=O)C(=Cc2ccc(-c3cc(Cl)nc(Cl)c3)o2)NC1=S. The summed E-state index contributed by atoms with van der Waals surface area (Å²) in [7, 11) is 0. The number of aliphatic carboxylic acids is 1. The highest BCUT2D eigenvalue weighted by Gasteiger charge is 2.39. The van der Waals surface area contributed by atoms with E-state index < -0.39 is 17.9 Å². The molecule has 2 N–H and O–H groups in total. The lowest BCUT2D eigenvalue weighted by Gasteiger charge is -2.22. The third kappa shape index (κ3) is 4.67. The molecule has 1 aliphatic rings. The van der Waals surface area contributed by atoms with Gasteiger partial charge in [-0.15, -0.1) is 0 Å². The van der Waals surface area contributed by atoms with E-state index in [2.05, 4.69) is 10.3 Å². The van der Waals surface area contributed by atoms with Gasteiger partial charge >= 0.3 is 5.97 Å². The smallest absolute Gasteiger partial charge is 0.327 e. The lowest BCUT2D eigenvalue weighted by Crippen LogP contribution is -2.46. The molecule has 2 aromatic heterocycles. The van der Waals surface area contributed by atoms with Crippen LogP contribution in [0.5, 0.6) is 0 Å². The van der Waals surface area contributed by atoms with Crippen LogP contribution in [0.1, 0.15) is 11.3 Å². The van der Waals surface area contributed by atoms with Crippen molar-refractivity contribution >= 4 is 58.5 Å². The van der Waals surface area contributed by atoms with E-state index in [1.165, 1.54) is 6.08 Å². The Balaban J connectivity index is 1.58. The normalized spacial score (nSPS) is 15.8. The van der Waals surface area contributed by atoms with E-state index in [4.69, 9.17) is 39.8 Å². The van der Waals surface area contributed by atoms with Gasteiger partial charge in [0.05, 0.1) is 0 Å². The Morgan fingerprint density at radius 1 is 1.19 bits per heavy atom. The molecule has 0 radical (unpaired) electrons. The van der Waals surface area contributed by atoms with Gasteiger partial charge in [-0.05, 0) is 42.0 Å². The molecule has 1 unspecified atom stereocenters. The molecule has 1 fully saturated rings. The predicted molar refractivity (Wildman–Crippen MR) is 124 cm³/mol. The first-order chi connectivity index (χ1) is 15.3. The van der Waals surface area contributed by atoms with Gasteiger partial charge in [0.25, 0.3) is 5.91 Å². The number of nitrogens with one attached hydrogen (secondary N) is 1. The van der Waals surface area contributed by atoms with Crippen LogP contribution >= 0.6 is 35.4 Å². The van der Waals surface area contributed by atoms with E-state index in [0.717, 1.165) is 10.5 Å². The zero-order valence-corrected chi connectivity index (χ0v) is 18.6. The summed E-state index contributed by atoms with van der Waals surface area (Å²) in [6.07, 6.45) is 1.58. The third-order valence-electron chi connectivity index (χ3n) is 4.74. The first-order valence-corrected chi connectivity index (χ1v) is 10.5. The van der Waals surface area contributed by atoms with E-state index in [1.54, 1.807) is 48.5 Å². The standard InChI is InChI=1S/C22H15Cl2N3O4S/c23-18-9-13(10-19(24)26-18)17-7-6-14(31-17)11-15-20(28)27(22(32)25-15)16(21(29)30)8-12-4-2-1-3-5-12/h1-7,9-11,16H,8H2,(H,25,32)(H,29,30). The van der Waals surface area contributed by atoms with Gasteiger partial charge in [-0.1, -0.05) is 53.5 Å².